The number of carbonyl (C=O) groups is 2. The van der Waals surface area contributed by atoms with E-state index >= 15 is 0 Å². The molecule has 0 atom stereocenters. The second-order valence-corrected chi connectivity index (χ2v) is 6.79. The van der Waals surface area contributed by atoms with Crippen molar-refractivity contribution in [2.45, 2.75) is 13.1 Å². The maximum atomic E-state index is 12.5. The lowest BCUT2D eigenvalue weighted by molar-refractivity contribution is -0.126. The molecule has 3 aromatic rings. The lowest BCUT2D eigenvalue weighted by atomic mass is 10.2. The number of amides is 2. The van der Waals surface area contributed by atoms with E-state index in [4.69, 9.17) is 0 Å². The van der Waals surface area contributed by atoms with Crippen molar-refractivity contribution in [3.63, 3.8) is 0 Å². The largest absolute Gasteiger partial charge is 0.350 e. The van der Waals surface area contributed by atoms with Crippen LogP contribution >= 0.6 is 15.9 Å². The van der Waals surface area contributed by atoms with Crippen LogP contribution in [0, 0.1) is 0 Å². The summed E-state index contributed by atoms with van der Waals surface area (Å²) < 4.78 is 1.97. The fourth-order valence-electron chi connectivity index (χ4n) is 2.49. The maximum Gasteiger partial charge on any atom is 0.261 e. The van der Waals surface area contributed by atoms with E-state index in [1.54, 1.807) is 18.2 Å². The Balaban J connectivity index is 1.55. The molecule has 0 bridgehead atoms. The number of nitrogens with one attached hydrogen (secondary N) is 2. The first kappa shape index (κ1) is 18.8. The number of fused-ring (bicyclic) bond motifs is 1. The van der Waals surface area contributed by atoms with Crippen LogP contribution in [-0.2, 0) is 22.7 Å². The standard InChI is InChI=1S/C19H17BrN4O3/c20-14-6-7-16-15(8-14)19(27)24(12-23-16)11-18(26)22-10-17(25)21-9-13-4-2-1-3-5-13/h1-8,12H,9-11H2,(H,21,25)(H,22,26). The molecule has 1 aromatic heterocycles. The van der Waals surface area contributed by atoms with Crippen molar-refractivity contribution in [2.75, 3.05) is 6.54 Å². The number of hydrogen-bond acceptors (Lipinski definition) is 4. The van der Waals surface area contributed by atoms with Crippen molar-refractivity contribution < 1.29 is 9.59 Å². The predicted molar refractivity (Wildman–Crippen MR) is 105 cm³/mol. The van der Waals surface area contributed by atoms with Crippen LogP contribution in [-0.4, -0.2) is 27.9 Å². The highest BCUT2D eigenvalue weighted by molar-refractivity contribution is 9.10. The van der Waals surface area contributed by atoms with E-state index < -0.39 is 5.91 Å². The Labute approximate surface area is 163 Å². The Kier molecular flexibility index (Phi) is 5.97. The highest BCUT2D eigenvalue weighted by Crippen LogP contribution is 2.14. The van der Waals surface area contributed by atoms with Crippen molar-refractivity contribution >= 4 is 38.6 Å². The third-order valence-electron chi connectivity index (χ3n) is 3.88. The first-order valence-corrected chi connectivity index (χ1v) is 9.04. The Morgan fingerprint density at radius 3 is 2.59 bits per heavy atom. The lowest BCUT2D eigenvalue weighted by Gasteiger charge is -2.09. The quantitative estimate of drug-likeness (QED) is 0.623. The zero-order valence-electron chi connectivity index (χ0n) is 14.3. The molecule has 27 heavy (non-hydrogen) atoms. The summed E-state index contributed by atoms with van der Waals surface area (Å²) in [7, 11) is 0. The minimum absolute atomic E-state index is 0.160. The van der Waals surface area contributed by atoms with E-state index in [9.17, 15) is 14.4 Å². The zero-order valence-corrected chi connectivity index (χ0v) is 15.9. The van der Waals surface area contributed by atoms with Crippen molar-refractivity contribution in [3.05, 3.63) is 75.2 Å². The minimum Gasteiger partial charge on any atom is -0.350 e. The Morgan fingerprint density at radius 1 is 1.04 bits per heavy atom. The number of rotatable bonds is 6. The van der Waals surface area contributed by atoms with Gasteiger partial charge in [0.25, 0.3) is 5.56 Å². The summed E-state index contributed by atoms with van der Waals surface area (Å²) in [5, 5.41) is 5.64. The summed E-state index contributed by atoms with van der Waals surface area (Å²) in [4.78, 5) is 40.5. The van der Waals surface area contributed by atoms with Crippen LogP contribution in [0.2, 0.25) is 0 Å². The van der Waals surface area contributed by atoms with Crippen LogP contribution in [0.15, 0.2) is 64.1 Å². The van der Waals surface area contributed by atoms with Crippen LogP contribution in [0.1, 0.15) is 5.56 Å². The molecule has 1 heterocycles. The molecule has 0 unspecified atom stereocenters. The molecule has 3 rings (SSSR count). The van der Waals surface area contributed by atoms with Gasteiger partial charge in [-0.3, -0.25) is 19.0 Å². The van der Waals surface area contributed by atoms with E-state index in [2.05, 4.69) is 31.5 Å². The normalized spacial score (nSPS) is 10.6. The average Bonchev–Trinajstić information content (AvgIpc) is 2.68. The number of hydrogen-bond donors (Lipinski definition) is 2. The molecular formula is C19H17BrN4O3. The molecular weight excluding hydrogens is 412 g/mol. The van der Waals surface area contributed by atoms with Crippen molar-refractivity contribution in [1.29, 1.82) is 0 Å². The Bertz CT molecular complexity index is 1030. The molecule has 2 aromatic carbocycles. The van der Waals surface area contributed by atoms with Crippen LogP contribution in [0.25, 0.3) is 10.9 Å². The Hall–Kier alpha value is -3.00. The summed E-state index contributed by atoms with van der Waals surface area (Å²) >= 11 is 3.31. The molecule has 138 valence electrons. The van der Waals surface area contributed by atoms with Gasteiger partial charge in [0.05, 0.1) is 23.8 Å². The first-order valence-electron chi connectivity index (χ1n) is 8.25. The van der Waals surface area contributed by atoms with Crippen LogP contribution in [0.5, 0.6) is 0 Å². The van der Waals surface area contributed by atoms with Gasteiger partial charge in [0.2, 0.25) is 11.8 Å². The molecule has 8 heteroatoms. The van der Waals surface area contributed by atoms with Crippen LogP contribution in [0.3, 0.4) is 0 Å². The van der Waals surface area contributed by atoms with Crippen LogP contribution < -0.4 is 16.2 Å². The lowest BCUT2D eigenvalue weighted by Crippen LogP contribution is -2.39. The molecule has 7 nitrogen and oxygen atoms in total. The first-order chi connectivity index (χ1) is 13.0. The van der Waals surface area contributed by atoms with E-state index in [1.165, 1.54) is 10.9 Å². The van der Waals surface area contributed by atoms with Gasteiger partial charge in [0.1, 0.15) is 6.54 Å². The summed E-state index contributed by atoms with van der Waals surface area (Å²) in [6.45, 7) is 0.0195. The highest BCUT2D eigenvalue weighted by Gasteiger charge is 2.10. The third-order valence-corrected chi connectivity index (χ3v) is 4.37. The van der Waals surface area contributed by atoms with E-state index in [0.717, 1.165) is 10.0 Å². The summed E-state index contributed by atoms with van der Waals surface area (Å²) in [6, 6.07) is 14.6. The summed E-state index contributed by atoms with van der Waals surface area (Å²) in [6.07, 6.45) is 1.33. The monoisotopic (exact) mass is 428 g/mol. The van der Waals surface area contributed by atoms with Gasteiger partial charge in [-0.1, -0.05) is 46.3 Å². The van der Waals surface area contributed by atoms with Crippen molar-refractivity contribution in [1.82, 2.24) is 20.2 Å². The fourth-order valence-corrected chi connectivity index (χ4v) is 2.85. The topological polar surface area (TPSA) is 93.1 Å². The SMILES string of the molecule is O=C(CNC(=O)Cn1cnc2ccc(Br)cc2c1=O)NCc1ccccc1. The Morgan fingerprint density at radius 2 is 1.81 bits per heavy atom. The second kappa shape index (κ2) is 8.59. The van der Waals surface area contributed by atoms with Gasteiger partial charge >= 0.3 is 0 Å². The number of carbonyl (C=O) groups excluding carboxylic acids is 2. The fraction of sp³-hybridized carbons (Fsp3) is 0.158. The third kappa shape index (κ3) is 5.01. The molecule has 2 N–H and O–H groups in total. The van der Waals surface area contributed by atoms with Gasteiger partial charge in [-0.25, -0.2) is 4.98 Å². The number of nitrogens with zero attached hydrogens (tertiary/aromatic N) is 2. The highest BCUT2D eigenvalue weighted by atomic mass is 79.9. The summed E-state index contributed by atoms with van der Waals surface area (Å²) in [5.41, 5.74) is 1.21. The zero-order chi connectivity index (χ0) is 19.2. The van der Waals surface area contributed by atoms with Crippen molar-refractivity contribution in [3.8, 4) is 0 Å². The maximum absolute atomic E-state index is 12.5. The molecule has 0 saturated heterocycles. The number of aromatic nitrogens is 2. The number of halogens is 1. The molecule has 0 fully saturated rings. The second-order valence-electron chi connectivity index (χ2n) is 5.88. The molecule has 0 spiro atoms. The van der Waals surface area contributed by atoms with Gasteiger partial charge in [0.15, 0.2) is 0 Å². The molecule has 0 aliphatic carbocycles. The van der Waals surface area contributed by atoms with E-state index in [1.807, 2.05) is 30.3 Å². The molecule has 0 aliphatic rings. The summed E-state index contributed by atoms with van der Waals surface area (Å²) in [5.74, 6) is -0.747. The number of benzene rings is 2. The average molecular weight is 429 g/mol. The van der Waals surface area contributed by atoms with Crippen LogP contribution in [0.4, 0.5) is 0 Å². The van der Waals surface area contributed by atoms with Gasteiger partial charge < -0.3 is 10.6 Å². The predicted octanol–water partition coefficient (Wildman–Crippen LogP) is 1.59. The van der Waals surface area contributed by atoms with Gasteiger partial charge in [-0.2, -0.15) is 0 Å². The molecule has 2 amide bonds. The van der Waals surface area contributed by atoms with Gasteiger partial charge in [0, 0.05) is 11.0 Å². The van der Waals surface area contributed by atoms with Gasteiger partial charge in [-0.15, -0.1) is 0 Å². The molecule has 0 radical (unpaired) electrons. The molecule has 0 saturated carbocycles. The smallest absolute Gasteiger partial charge is 0.261 e. The molecule has 0 aliphatic heterocycles. The minimum atomic E-state index is -0.442. The van der Waals surface area contributed by atoms with E-state index in [0.29, 0.717) is 17.4 Å². The van der Waals surface area contributed by atoms with Gasteiger partial charge in [-0.05, 0) is 23.8 Å². The van der Waals surface area contributed by atoms with Crippen molar-refractivity contribution in [2.24, 2.45) is 0 Å². The van der Waals surface area contributed by atoms with E-state index in [-0.39, 0.29) is 24.6 Å².